The van der Waals surface area contributed by atoms with Crippen LogP contribution < -0.4 is 11.5 Å². The Labute approximate surface area is 134 Å². The lowest BCUT2D eigenvalue weighted by Gasteiger charge is -2.31. The fourth-order valence-corrected chi connectivity index (χ4v) is 1.88. The quantitative estimate of drug-likeness (QED) is 0.442. The van der Waals surface area contributed by atoms with Gasteiger partial charge in [0.05, 0.1) is 18.3 Å². The highest BCUT2D eigenvalue weighted by molar-refractivity contribution is 14.0. The molecule has 1 saturated heterocycles. The van der Waals surface area contributed by atoms with E-state index >= 15 is 0 Å². The number of rotatable bonds is 3. The van der Waals surface area contributed by atoms with Crippen LogP contribution in [0.2, 0.25) is 0 Å². The number of morpholine rings is 1. The molecule has 1 aliphatic rings. The summed E-state index contributed by atoms with van der Waals surface area (Å²) in [7, 11) is 0. The van der Waals surface area contributed by atoms with Crippen LogP contribution in [0.1, 0.15) is 23.0 Å². The summed E-state index contributed by atoms with van der Waals surface area (Å²) in [5.74, 6) is 0.485. The summed E-state index contributed by atoms with van der Waals surface area (Å²) in [6, 6.07) is 1.57. The van der Waals surface area contributed by atoms with Crippen LogP contribution >= 0.6 is 24.0 Å². The average molecular weight is 394 g/mol. The van der Waals surface area contributed by atoms with Crippen molar-refractivity contribution in [2.75, 3.05) is 19.7 Å². The van der Waals surface area contributed by atoms with Gasteiger partial charge in [-0.3, -0.25) is 4.79 Å². The molecule has 0 aromatic carbocycles. The number of nitrogens with zero attached hydrogens (tertiary/aromatic N) is 2. The molecule has 0 bridgehead atoms. The van der Waals surface area contributed by atoms with Crippen LogP contribution in [0.25, 0.3) is 0 Å². The fraction of sp³-hybridized carbons (Fsp3) is 0.500. The summed E-state index contributed by atoms with van der Waals surface area (Å²) in [6.07, 6.45) is 1.47. The summed E-state index contributed by atoms with van der Waals surface area (Å²) >= 11 is 0. The molecule has 8 heteroatoms. The van der Waals surface area contributed by atoms with E-state index < -0.39 is 5.91 Å². The Morgan fingerprint density at radius 3 is 2.90 bits per heavy atom. The van der Waals surface area contributed by atoms with E-state index in [1.54, 1.807) is 6.07 Å². The zero-order valence-electron chi connectivity index (χ0n) is 11.2. The van der Waals surface area contributed by atoms with Gasteiger partial charge < -0.3 is 25.5 Å². The topological polar surface area (TPSA) is 107 Å². The first-order valence-electron chi connectivity index (χ1n) is 6.10. The Morgan fingerprint density at radius 2 is 2.30 bits per heavy atom. The second kappa shape index (κ2) is 7.48. The highest BCUT2D eigenvalue weighted by Crippen LogP contribution is 2.09. The minimum Gasteiger partial charge on any atom is -0.467 e. The van der Waals surface area contributed by atoms with Crippen LogP contribution in [-0.2, 0) is 11.3 Å². The molecule has 0 aliphatic carbocycles. The molecule has 112 valence electrons. The van der Waals surface area contributed by atoms with E-state index in [4.69, 9.17) is 20.6 Å². The molecule has 1 aliphatic heterocycles. The van der Waals surface area contributed by atoms with E-state index in [-0.39, 0.29) is 36.6 Å². The van der Waals surface area contributed by atoms with Crippen molar-refractivity contribution in [3.05, 3.63) is 23.7 Å². The lowest BCUT2D eigenvalue weighted by atomic mass is 10.3. The zero-order chi connectivity index (χ0) is 13.8. The van der Waals surface area contributed by atoms with Crippen LogP contribution in [0.15, 0.2) is 21.7 Å². The number of nitrogens with two attached hydrogens (primary N) is 2. The number of furan rings is 1. The molecular formula is C12H19IN4O3. The molecule has 1 fully saturated rings. The third-order valence-electron chi connectivity index (χ3n) is 2.90. The van der Waals surface area contributed by atoms with Gasteiger partial charge in [0.1, 0.15) is 18.6 Å². The molecule has 2 heterocycles. The van der Waals surface area contributed by atoms with E-state index in [0.717, 1.165) is 13.1 Å². The molecule has 0 radical (unpaired) electrons. The van der Waals surface area contributed by atoms with E-state index in [1.165, 1.54) is 6.26 Å². The molecular weight excluding hydrogens is 375 g/mol. The van der Waals surface area contributed by atoms with Crippen molar-refractivity contribution in [2.45, 2.75) is 19.6 Å². The van der Waals surface area contributed by atoms with Gasteiger partial charge >= 0.3 is 0 Å². The maximum absolute atomic E-state index is 10.9. The molecule has 1 unspecified atom stereocenters. The van der Waals surface area contributed by atoms with Crippen LogP contribution in [0.4, 0.5) is 0 Å². The predicted octanol–water partition coefficient (Wildman–Crippen LogP) is 0.532. The Morgan fingerprint density at radius 1 is 1.55 bits per heavy atom. The van der Waals surface area contributed by atoms with E-state index in [2.05, 4.69) is 4.99 Å². The van der Waals surface area contributed by atoms with Gasteiger partial charge in [0.25, 0.3) is 5.91 Å². The fourth-order valence-electron chi connectivity index (χ4n) is 1.88. The Kier molecular flexibility index (Phi) is 6.27. The molecule has 0 spiro atoms. The number of hydrogen-bond acceptors (Lipinski definition) is 4. The van der Waals surface area contributed by atoms with E-state index in [9.17, 15) is 4.79 Å². The zero-order valence-corrected chi connectivity index (χ0v) is 13.6. The maximum Gasteiger partial charge on any atom is 0.251 e. The second-order valence-corrected chi connectivity index (χ2v) is 4.47. The summed E-state index contributed by atoms with van der Waals surface area (Å²) < 4.78 is 10.6. The van der Waals surface area contributed by atoms with Crippen molar-refractivity contribution >= 4 is 35.8 Å². The van der Waals surface area contributed by atoms with Gasteiger partial charge in [-0.25, -0.2) is 4.99 Å². The van der Waals surface area contributed by atoms with Crippen molar-refractivity contribution < 1.29 is 13.9 Å². The first-order valence-corrected chi connectivity index (χ1v) is 6.10. The molecule has 1 aromatic heterocycles. The molecule has 2 rings (SSSR count). The summed E-state index contributed by atoms with van der Waals surface area (Å²) in [6.45, 7) is 4.37. The van der Waals surface area contributed by atoms with Gasteiger partial charge in [-0.2, -0.15) is 0 Å². The number of amides is 1. The maximum atomic E-state index is 10.9. The normalized spacial score (nSPS) is 19.6. The van der Waals surface area contributed by atoms with Crippen LogP contribution in [0.5, 0.6) is 0 Å². The van der Waals surface area contributed by atoms with E-state index in [0.29, 0.717) is 23.9 Å². The SMILES string of the molecule is CC1CN(C(N)=NCc2cc(C(N)=O)co2)CCO1.I. The largest absolute Gasteiger partial charge is 0.467 e. The van der Waals surface area contributed by atoms with E-state index in [1.807, 2.05) is 11.8 Å². The minimum absolute atomic E-state index is 0. The summed E-state index contributed by atoms with van der Waals surface area (Å²) in [4.78, 5) is 17.1. The van der Waals surface area contributed by atoms with Crippen LogP contribution in [0, 0.1) is 0 Å². The van der Waals surface area contributed by atoms with Gasteiger partial charge in [-0.05, 0) is 13.0 Å². The van der Waals surface area contributed by atoms with Gasteiger partial charge in [0.15, 0.2) is 5.96 Å². The number of hydrogen-bond donors (Lipinski definition) is 2. The third-order valence-corrected chi connectivity index (χ3v) is 2.90. The Hall–Kier alpha value is -1.29. The Bertz CT molecular complexity index is 489. The number of ether oxygens (including phenoxy) is 1. The van der Waals surface area contributed by atoms with Gasteiger partial charge in [0, 0.05) is 13.1 Å². The lowest BCUT2D eigenvalue weighted by molar-refractivity contribution is 0.00528. The van der Waals surface area contributed by atoms with Gasteiger partial charge in [-0.1, -0.05) is 0 Å². The van der Waals surface area contributed by atoms with Crippen molar-refractivity contribution in [2.24, 2.45) is 16.5 Å². The molecule has 4 N–H and O–H groups in total. The third kappa shape index (κ3) is 4.37. The lowest BCUT2D eigenvalue weighted by Crippen LogP contribution is -2.47. The molecule has 0 saturated carbocycles. The first-order chi connectivity index (χ1) is 9.06. The predicted molar refractivity (Wildman–Crippen MR) is 85.0 cm³/mol. The van der Waals surface area contributed by atoms with Crippen LogP contribution in [0.3, 0.4) is 0 Å². The average Bonchev–Trinajstić information content (AvgIpc) is 2.85. The number of carbonyl (C=O) groups excluding carboxylic acids is 1. The minimum atomic E-state index is -0.519. The van der Waals surface area contributed by atoms with Gasteiger partial charge in [0.2, 0.25) is 0 Å². The second-order valence-electron chi connectivity index (χ2n) is 4.47. The highest BCUT2D eigenvalue weighted by atomic mass is 127. The van der Waals surface area contributed by atoms with Gasteiger partial charge in [-0.15, -0.1) is 24.0 Å². The number of primary amides is 1. The smallest absolute Gasteiger partial charge is 0.251 e. The summed E-state index contributed by atoms with van der Waals surface area (Å²) in [5, 5.41) is 0. The van der Waals surface area contributed by atoms with Crippen molar-refractivity contribution in [3.8, 4) is 0 Å². The van der Waals surface area contributed by atoms with Crippen molar-refractivity contribution in [1.29, 1.82) is 0 Å². The van der Waals surface area contributed by atoms with Crippen molar-refractivity contribution in [1.82, 2.24) is 4.90 Å². The molecule has 1 atom stereocenters. The monoisotopic (exact) mass is 394 g/mol. The van der Waals surface area contributed by atoms with Crippen molar-refractivity contribution in [3.63, 3.8) is 0 Å². The number of aliphatic imine (C=N–C) groups is 1. The summed E-state index contributed by atoms with van der Waals surface area (Å²) in [5.41, 5.74) is 11.4. The Balaban J connectivity index is 0.00000200. The molecule has 1 amide bonds. The number of halogens is 1. The standard InChI is InChI=1S/C12H18N4O3.HI/c1-8-6-16(2-3-18-8)12(14)15-5-10-4-9(7-19-10)11(13)17;/h4,7-8H,2-3,5-6H2,1H3,(H2,13,17)(H2,14,15);1H. The highest BCUT2D eigenvalue weighted by Gasteiger charge is 2.18. The van der Waals surface area contributed by atoms with Crippen LogP contribution in [-0.4, -0.2) is 42.6 Å². The number of guanidine groups is 1. The molecule has 7 nitrogen and oxygen atoms in total. The first kappa shape index (κ1) is 16.8. The number of carbonyl (C=O) groups is 1. The molecule has 1 aromatic rings. The molecule has 20 heavy (non-hydrogen) atoms.